The number of methoxy groups -OCH3 is 2. The first-order chi connectivity index (χ1) is 10.1. The Kier molecular flexibility index (Phi) is 5.65. The van der Waals surface area contributed by atoms with E-state index in [0.29, 0.717) is 16.9 Å². The van der Waals surface area contributed by atoms with E-state index in [1.54, 1.807) is 14.2 Å². The van der Waals surface area contributed by atoms with E-state index in [2.05, 4.69) is 17.7 Å². The van der Waals surface area contributed by atoms with Crippen molar-refractivity contribution in [1.82, 2.24) is 9.55 Å². The van der Waals surface area contributed by atoms with Crippen LogP contribution in [-0.4, -0.2) is 41.2 Å². The van der Waals surface area contributed by atoms with E-state index >= 15 is 0 Å². The molecule has 0 fully saturated rings. The molecular formula is C15H21ClN2O2S. The van der Waals surface area contributed by atoms with Gasteiger partial charge < -0.3 is 14.0 Å². The van der Waals surface area contributed by atoms with Gasteiger partial charge >= 0.3 is 0 Å². The fraction of sp³-hybridized carbons (Fsp3) is 0.533. The molecule has 6 heteroatoms. The molecule has 21 heavy (non-hydrogen) atoms. The first kappa shape index (κ1) is 16.3. The molecule has 0 spiro atoms. The van der Waals surface area contributed by atoms with E-state index in [1.165, 1.54) is 0 Å². The van der Waals surface area contributed by atoms with Gasteiger partial charge in [0.1, 0.15) is 5.82 Å². The van der Waals surface area contributed by atoms with Gasteiger partial charge in [0.25, 0.3) is 0 Å². The summed E-state index contributed by atoms with van der Waals surface area (Å²) in [4.78, 5) is 4.71. The highest BCUT2D eigenvalue weighted by Crippen LogP contribution is 2.33. The van der Waals surface area contributed by atoms with Crippen LogP contribution >= 0.6 is 23.4 Å². The van der Waals surface area contributed by atoms with Gasteiger partial charge in [-0.05, 0) is 6.26 Å². The lowest BCUT2D eigenvalue weighted by Gasteiger charge is -2.14. The van der Waals surface area contributed by atoms with Crippen molar-refractivity contribution in [3.05, 3.63) is 18.0 Å². The number of alkyl halides is 1. The second-order valence-corrected chi connectivity index (χ2v) is 6.47. The SMILES string of the molecule is COc1cc2nc(CCCl)n(CC(C)SC)c2cc1OC. The molecule has 0 radical (unpaired) electrons. The molecule has 0 bridgehead atoms. The standard InChI is InChI=1S/C15H21ClN2O2S/c1-10(21-4)9-18-12-8-14(20-3)13(19-2)7-11(12)17-15(18)5-6-16/h7-8,10H,5-6,9H2,1-4H3. The van der Waals surface area contributed by atoms with Crippen molar-refractivity contribution in [1.29, 1.82) is 0 Å². The zero-order valence-corrected chi connectivity index (χ0v) is 14.4. The van der Waals surface area contributed by atoms with Crippen LogP contribution in [0.2, 0.25) is 0 Å². The summed E-state index contributed by atoms with van der Waals surface area (Å²) in [7, 11) is 3.28. The molecular weight excluding hydrogens is 308 g/mol. The fourth-order valence-electron chi connectivity index (χ4n) is 2.31. The Balaban J connectivity index is 2.58. The van der Waals surface area contributed by atoms with Gasteiger partial charge in [0.2, 0.25) is 0 Å². The molecule has 4 nitrogen and oxygen atoms in total. The van der Waals surface area contributed by atoms with Crippen molar-refractivity contribution in [3.63, 3.8) is 0 Å². The summed E-state index contributed by atoms with van der Waals surface area (Å²) in [6, 6.07) is 3.91. The highest BCUT2D eigenvalue weighted by molar-refractivity contribution is 7.99. The first-order valence-electron chi connectivity index (χ1n) is 6.84. The number of thioether (sulfide) groups is 1. The maximum atomic E-state index is 5.92. The molecule has 0 N–H and O–H groups in total. The second-order valence-electron chi connectivity index (χ2n) is 4.82. The van der Waals surface area contributed by atoms with E-state index in [0.717, 1.165) is 35.6 Å². The Bertz CT molecular complexity index is 615. The first-order valence-corrected chi connectivity index (χ1v) is 8.66. The molecule has 0 saturated carbocycles. The molecule has 0 amide bonds. The van der Waals surface area contributed by atoms with Crippen LogP contribution in [0, 0.1) is 0 Å². The lowest BCUT2D eigenvalue weighted by atomic mass is 10.2. The highest BCUT2D eigenvalue weighted by Gasteiger charge is 2.16. The van der Waals surface area contributed by atoms with Crippen molar-refractivity contribution in [2.45, 2.75) is 25.1 Å². The van der Waals surface area contributed by atoms with E-state index in [1.807, 2.05) is 23.9 Å². The average molecular weight is 329 g/mol. The number of nitrogens with zero attached hydrogens (tertiary/aromatic N) is 2. The molecule has 1 unspecified atom stereocenters. The smallest absolute Gasteiger partial charge is 0.163 e. The zero-order valence-electron chi connectivity index (χ0n) is 12.9. The lowest BCUT2D eigenvalue weighted by molar-refractivity contribution is 0.355. The molecule has 1 heterocycles. The van der Waals surface area contributed by atoms with Crippen molar-refractivity contribution in [3.8, 4) is 11.5 Å². The highest BCUT2D eigenvalue weighted by atomic mass is 35.5. The summed E-state index contributed by atoms with van der Waals surface area (Å²) in [6.45, 7) is 3.11. The van der Waals surface area contributed by atoms with Crippen LogP contribution in [0.15, 0.2) is 12.1 Å². The van der Waals surface area contributed by atoms with Crippen molar-refractivity contribution in [2.75, 3.05) is 26.4 Å². The normalized spacial score (nSPS) is 12.6. The molecule has 2 aromatic rings. The van der Waals surface area contributed by atoms with Gasteiger partial charge in [-0.2, -0.15) is 11.8 Å². The number of benzene rings is 1. The molecule has 2 rings (SSSR count). The third-order valence-corrected chi connectivity index (χ3v) is 4.64. The number of rotatable bonds is 7. The Morgan fingerprint density at radius 3 is 2.52 bits per heavy atom. The van der Waals surface area contributed by atoms with E-state index in [4.69, 9.17) is 26.1 Å². The molecule has 1 atom stereocenters. The Morgan fingerprint density at radius 1 is 1.29 bits per heavy atom. The van der Waals surface area contributed by atoms with Crippen LogP contribution in [0.4, 0.5) is 0 Å². The van der Waals surface area contributed by atoms with E-state index in [-0.39, 0.29) is 0 Å². The average Bonchev–Trinajstić information content (AvgIpc) is 2.82. The summed E-state index contributed by atoms with van der Waals surface area (Å²) in [5.41, 5.74) is 1.98. The molecule has 0 aliphatic carbocycles. The van der Waals surface area contributed by atoms with Gasteiger partial charge in [-0.3, -0.25) is 0 Å². The second kappa shape index (κ2) is 7.27. The van der Waals surface area contributed by atoms with Crippen LogP contribution in [-0.2, 0) is 13.0 Å². The maximum absolute atomic E-state index is 5.92. The van der Waals surface area contributed by atoms with Gasteiger partial charge in [0.15, 0.2) is 11.5 Å². The number of aromatic nitrogens is 2. The number of fused-ring (bicyclic) bond motifs is 1. The minimum Gasteiger partial charge on any atom is -0.493 e. The summed E-state index contributed by atoms with van der Waals surface area (Å²) in [5, 5.41) is 0.504. The number of ether oxygens (including phenoxy) is 2. The molecule has 1 aromatic carbocycles. The molecule has 0 aliphatic rings. The maximum Gasteiger partial charge on any atom is 0.163 e. The van der Waals surface area contributed by atoms with Gasteiger partial charge in [0, 0.05) is 36.2 Å². The van der Waals surface area contributed by atoms with Gasteiger partial charge in [-0.25, -0.2) is 4.98 Å². The van der Waals surface area contributed by atoms with Crippen LogP contribution in [0.25, 0.3) is 11.0 Å². The minimum atomic E-state index is 0.504. The summed E-state index contributed by atoms with van der Waals surface area (Å²) in [6.07, 6.45) is 2.87. The summed E-state index contributed by atoms with van der Waals surface area (Å²) >= 11 is 7.75. The monoisotopic (exact) mass is 328 g/mol. The van der Waals surface area contributed by atoms with Crippen molar-refractivity contribution >= 4 is 34.4 Å². The Labute approximate surface area is 134 Å². The summed E-state index contributed by atoms with van der Waals surface area (Å²) in [5.74, 6) is 2.99. The Hall–Kier alpha value is -1.07. The Morgan fingerprint density at radius 2 is 1.95 bits per heavy atom. The van der Waals surface area contributed by atoms with Crippen molar-refractivity contribution < 1.29 is 9.47 Å². The van der Waals surface area contributed by atoms with Gasteiger partial charge in [0.05, 0.1) is 25.3 Å². The number of hydrogen-bond donors (Lipinski definition) is 0. The largest absolute Gasteiger partial charge is 0.493 e. The predicted octanol–water partition coefficient (Wildman–Crippen LogP) is 3.59. The van der Waals surface area contributed by atoms with Crippen LogP contribution < -0.4 is 9.47 Å². The zero-order chi connectivity index (χ0) is 15.4. The summed E-state index contributed by atoms with van der Waals surface area (Å²) < 4.78 is 13.0. The van der Waals surface area contributed by atoms with E-state index in [9.17, 15) is 0 Å². The number of imidazole rings is 1. The van der Waals surface area contributed by atoms with E-state index < -0.39 is 0 Å². The number of halogens is 1. The molecule has 1 aromatic heterocycles. The van der Waals surface area contributed by atoms with Gasteiger partial charge in [-0.1, -0.05) is 6.92 Å². The van der Waals surface area contributed by atoms with Gasteiger partial charge in [-0.15, -0.1) is 11.6 Å². The lowest BCUT2D eigenvalue weighted by Crippen LogP contribution is -2.12. The predicted molar refractivity (Wildman–Crippen MR) is 90.2 cm³/mol. The van der Waals surface area contributed by atoms with Crippen LogP contribution in [0.5, 0.6) is 11.5 Å². The third-order valence-electron chi connectivity index (χ3n) is 3.49. The van der Waals surface area contributed by atoms with Crippen LogP contribution in [0.3, 0.4) is 0 Å². The van der Waals surface area contributed by atoms with Crippen molar-refractivity contribution in [2.24, 2.45) is 0 Å². The quantitative estimate of drug-likeness (QED) is 0.728. The fourth-order valence-corrected chi connectivity index (χ4v) is 2.78. The minimum absolute atomic E-state index is 0.504. The van der Waals surface area contributed by atoms with Crippen LogP contribution in [0.1, 0.15) is 12.7 Å². The molecule has 0 aliphatic heterocycles. The number of aryl methyl sites for hydroxylation is 1. The molecule has 0 saturated heterocycles. The topological polar surface area (TPSA) is 36.3 Å². The third kappa shape index (κ3) is 3.40. The molecule has 116 valence electrons. The number of hydrogen-bond acceptors (Lipinski definition) is 4.